The van der Waals surface area contributed by atoms with Gasteiger partial charge in [0.1, 0.15) is 0 Å². The molecule has 21 heavy (non-hydrogen) atoms. The molecular weight excluding hydrogens is 258 g/mol. The van der Waals surface area contributed by atoms with E-state index in [9.17, 15) is 0 Å². The monoisotopic (exact) mass is 291 g/mol. The Morgan fingerprint density at radius 2 is 1.95 bits per heavy atom. The highest BCUT2D eigenvalue weighted by atomic mass is 15.3. The summed E-state index contributed by atoms with van der Waals surface area (Å²) in [6.07, 6.45) is 12.5. The molecule has 2 rings (SSSR count). The van der Waals surface area contributed by atoms with Crippen LogP contribution in [0.1, 0.15) is 77.5 Å². The van der Waals surface area contributed by atoms with Crippen molar-refractivity contribution in [1.82, 2.24) is 15.1 Å². The fraction of sp³-hybridized carbons (Fsp3) is 0.833. The normalized spacial score (nSPS) is 23.4. The fourth-order valence-electron chi connectivity index (χ4n) is 3.78. The first-order valence-electron chi connectivity index (χ1n) is 9.05. The summed E-state index contributed by atoms with van der Waals surface area (Å²) in [6, 6.07) is 3.50. The van der Waals surface area contributed by atoms with Crippen LogP contribution in [-0.4, -0.2) is 22.4 Å². The molecule has 0 aromatic carbocycles. The maximum Gasteiger partial charge on any atom is 0.0628 e. The number of nitrogens with zero attached hydrogens (tertiary/aromatic N) is 2. The molecule has 0 saturated heterocycles. The molecule has 0 spiro atoms. The van der Waals surface area contributed by atoms with E-state index in [-0.39, 0.29) is 0 Å². The third kappa shape index (κ3) is 4.57. The van der Waals surface area contributed by atoms with Crippen molar-refractivity contribution in [2.45, 2.75) is 84.2 Å². The van der Waals surface area contributed by atoms with Crippen molar-refractivity contribution in [3.8, 4) is 0 Å². The van der Waals surface area contributed by atoms with Crippen molar-refractivity contribution in [1.29, 1.82) is 0 Å². The second-order valence-corrected chi connectivity index (χ2v) is 6.52. The first-order chi connectivity index (χ1) is 10.3. The average molecular weight is 291 g/mol. The van der Waals surface area contributed by atoms with Crippen molar-refractivity contribution in [2.75, 3.05) is 6.54 Å². The van der Waals surface area contributed by atoms with Gasteiger partial charge in [0.05, 0.1) is 11.7 Å². The Balaban J connectivity index is 2.01. The molecule has 1 aromatic heterocycles. The molecule has 1 N–H and O–H groups in total. The molecule has 1 aliphatic carbocycles. The van der Waals surface area contributed by atoms with E-state index >= 15 is 0 Å². The lowest BCUT2D eigenvalue weighted by Gasteiger charge is -2.25. The Morgan fingerprint density at radius 3 is 2.67 bits per heavy atom. The number of rotatable bonds is 7. The van der Waals surface area contributed by atoms with Gasteiger partial charge in [0.25, 0.3) is 0 Å². The van der Waals surface area contributed by atoms with Gasteiger partial charge in [0, 0.05) is 12.2 Å². The summed E-state index contributed by atoms with van der Waals surface area (Å²) in [6.45, 7) is 7.82. The minimum Gasteiger partial charge on any atom is -0.314 e. The van der Waals surface area contributed by atoms with E-state index in [2.05, 4.69) is 43.0 Å². The molecule has 3 heteroatoms. The first kappa shape index (κ1) is 16.5. The van der Waals surface area contributed by atoms with Gasteiger partial charge in [-0.2, -0.15) is 5.10 Å². The standard InChI is InChI=1S/C18H33N3/c1-4-17(5-2)21-13-12-16(20-21)14-15-10-8-7-9-11-18(15)19-6-3/h12-13,15,17-19H,4-11,14H2,1-3H3. The summed E-state index contributed by atoms with van der Waals surface area (Å²) in [5.41, 5.74) is 1.29. The Bertz CT molecular complexity index is 395. The van der Waals surface area contributed by atoms with Crippen LogP contribution < -0.4 is 5.32 Å². The Labute approximate surface area is 130 Å². The van der Waals surface area contributed by atoms with E-state index in [1.54, 1.807) is 0 Å². The van der Waals surface area contributed by atoms with Crippen LogP contribution in [0.5, 0.6) is 0 Å². The summed E-state index contributed by atoms with van der Waals surface area (Å²) in [4.78, 5) is 0. The van der Waals surface area contributed by atoms with E-state index in [0.29, 0.717) is 12.1 Å². The number of aromatic nitrogens is 2. The second-order valence-electron chi connectivity index (χ2n) is 6.52. The van der Waals surface area contributed by atoms with Gasteiger partial charge in [-0.1, -0.05) is 40.0 Å². The average Bonchev–Trinajstić information content (AvgIpc) is 2.83. The molecule has 1 aliphatic rings. The van der Waals surface area contributed by atoms with Crippen LogP contribution >= 0.6 is 0 Å². The Kier molecular flexibility index (Phi) is 6.75. The summed E-state index contributed by atoms with van der Waals surface area (Å²) < 4.78 is 2.19. The molecule has 1 saturated carbocycles. The van der Waals surface area contributed by atoms with Crippen molar-refractivity contribution in [2.24, 2.45) is 5.92 Å². The predicted molar refractivity (Wildman–Crippen MR) is 89.6 cm³/mol. The van der Waals surface area contributed by atoms with Crippen molar-refractivity contribution >= 4 is 0 Å². The fourth-order valence-corrected chi connectivity index (χ4v) is 3.78. The van der Waals surface area contributed by atoms with Crippen LogP contribution in [0.2, 0.25) is 0 Å². The molecule has 0 amide bonds. The zero-order chi connectivity index (χ0) is 15.1. The van der Waals surface area contributed by atoms with Gasteiger partial charge in [-0.25, -0.2) is 0 Å². The van der Waals surface area contributed by atoms with Gasteiger partial charge < -0.3 is 5.32 Å². The van der Waals surface area contributed by atoms with Gasteiger partial charge in [0.15, 0.2) is 0 Å². The quantitative estimate of drug-likeness (QED) is 0.757. The third-order valence-corrected chi connectivity index (χ3v) is 5.08. The number of hydrogen-bond acceptors (Lipinski definition) is 2. The van der Waals surface area contributed by atoms with E-state index in [1.807, 2.05) is 0 Å². The van der Waals surface area contributed by atoms with Crippen LogP contribution in [0.25, 0.3) is 0 Å². The van der Waals surface area contributed by atoms with Crippen LogP contribution in [0.3, 0.4) is 0 Å². The minimum atomic E-state index is 0.567. The molecule has 2 unspecified atom stereocenters. The Morgan fingerprint density at radius 1 is 1.19 bits per heavy atom. The van der Waals surface area contributed by atoms with Crippen molar-refractivity contribution in [3.63, 3.8) is 0 Å². The maximum absolute atomic E-state index is 4.86. The summed E-state index contributed by atoms with van der Waals surface area (Å²) in [5.74, 6) is 0.762. The summed E-state index contributed by atoms with van der Waals surface area (Å²) >= 11 is 0. The highest BCUT2D eigenvalue weighted by molar-refractivity contribution is 5.02. The van der Waals surface area contributed by atoms with Gasteiger partial charge in [-0.05, 0) is 50.6 Å². The summed E-state index contributed by atoms with van der Waals surface area (Å²) in [7, 11) is 0. The van der Waals surface area contributed by atoms with Crippen LogP contribution in [0.4, 0.5) is 0 Å². The smallest absolute Gasteiger partial charge is 0.0628 e. The van der Waals surface area contributed by atoms with Gasteiger partial charge in [-0.3, -0.25) is 4.68 Å². The highest BCUT2D eigenvalue weighted by Gasteiger charge is 2.24. The van der Waals surface area contributed by atoms with Crippen molar-refractivity contribution in [3.05, 3.63) is 18.0 Å². The van der Waals surface area contributed by atoms with Crippen LogP contribution in [0.15, 0.2) is 12.3 Å². The molecule has 3 nitrogen and oxygen atoms in total. The SMILES string of the molecule is CCNC1CCCCCC1Cc1ccn(C(CC)CC)n1. The molecule has 0 radical (unpaired) electrons. The van der Waals surface area contributed by atoms with Gasteiger partial charge in [0.2, 0.25) is 0 Å². The molecule has 1 fully saturated rings. The molecule has 0 bridgehead atoms. The summed E-state index contributed by atoms with van der Waals surface area (Å²) in [5, 5.41) is 8.57. The molecule has 1 aromatic rings. The molecular formula is C18H33N3. The lowest BCUT2D eigenvalue weighted by Crippen LogP contribution is -2.36. The zero-order valence-electron chi connectivity index (χ0n) is 14.1. The van der Waals surface area contributed by atoms with E-state index in [4.69, 9.17) is 5.10 Å². The third-order valence-electron chi connectivity index (χ3n) is 5.08. The van der Waals surface area contributed by atoms with E-state index in [1.165, 1.54) is 50.6 Å². The largest absolute Gasteiger partial charge is 0.314 e. The molecule has 2 atom stereocenters. The molecule has 1 heterocycles. The second kappa shape index (κ2) is 8.57. The van der Waals surface area contributed by atoms with E-state index < -0.39 is 0 Å². The van der Waals surface area contributed by atoms with Gasteiger partial charge in [-0.15, -0.1) is 0 Å². The van der Waals surface area contributed by atoms with Crippen LogP contribution in [-0.2, 0) is 6.42 Å². The predicted octanol–water partition coefficient (Wildman–Crippen LogP) is 4.35. The van der Waals surface area contributed by atoms with Crippen molar-refractivity contribution < 1.29 is 0 Å². The van der Waals surface area contributed by atoms with E-state index in [0.717, 1.165) is 18.9 Å². The number of hydrogen-bond donors (Lipinski definition) is 1. The first-order valence-corrected chi connectivity index (χ1v) is 9.05. The maximum atomic E-state index is 4.86. The lowest BCUT2D eigenvalue weighted by molar-refractivity contribution is 0.332. The zero-order valence-corrected chi connectivity index (χ0v) is 14.1. The highest BCUT2D eigenvalue weighted by Crippen LogP contribution is 2.26. The van der Waals surface area contributed by atoms with Gasteiger partial charge >= 0.3 is 0 Å². The molecule has 120 valence electrons. The van der Waals surface area contributed by atoms with Crippen LogP contribution in [0, 0.1) is 5.92 Å². The lowest BCUT2D eigenvalue weighted by atomic mass is 9.90. The topological polar surface area (TPSA) is 29.9 Å². The number of nitrogens with one attached hydrogen (secondary N) is 1. The molecule has 0 aliphatic heterocycles. The minimum absolute atomic E-state index is 0.567. The Hall–Kier alpha value is -0.830.